The number of aryl methyl sites for hydroxylation is 1. The van der Waals surface area contributed by atoms with Gasteiger partial charge in [0.1, 0.15) is 0 Å². The second-order valence-corrected chi connectivity index (χ2v) is 5.06. The van der Waals surface area contributed by atoms with Gasteiger partial charge in [-0.15, -0.1) is 0 Å². The molecule has 0 aliphatic rings. The van der Waals surface area contributed by atoms with Gasteiger partial charge in [0.15, 0.2) is 0 Å². The van der Waals surface area contributed by atoms with E-state index in [-0.39, 0.29) is 0 Å². The van der Waals surface area contributed by atoms with Crippen LogP contribution in [0.2, 0.25) is 0 Å². The third kappa shape index (κ3) is 3.79. The maximum absolute atomic E-state index is 2.31. The molecule has 0 saturated heterocycles. The topological polar surface area (TPSA) is 0 Å². The summed E-state index contributed by atoms with van der Waals surface area (Å²) in [5.74, 6) is 0. The van der Waals surface area contributed by atoms with E-state index >= 15 is 0 Å². The SMILES string of the molecule is CCCCCCc1ccc[se]1. The van der Waals surface area contributed by atoms with Gasteiger partial charge in [-0.05, 0) is 0 Å². The number of hydrogen-bond donors (Lipinski definition) is 0. The molecule has 0 fully saturated rings. The Labute approximate surface area is 75.4 Å². The second kappa shape index (κ2) is 5.62. The van der Waals surface area contributed by atoms with E-state index in [1.165, 1.54) is 32.1 Å². The predicted molar refractivity (Wildman–Crippen MR) is 51.2 cm³/mol. The molecule has 0 N–H and O–H groups in total. The van der Waals surface area contributed by atoms with Crippen molar-refractivity contribution in [3.63, 3.8) is 0 Å². The quantitative estimate of drug-likeness (QED) is 0.523. The van der Waals surface area contributed by atoms with Crippen LogP contribution in [-0.4, -0.2) is 14.5 Å². The van der Waals surface area contributed by atoms with Crippen LogP contribution < -0.4 is 0 Å². The van der Waals surface area contributed by atoms with Crippen molar-refractivity contribution in [3.05, 3.63) is 21.5 Å². The molecular formula is C10H16Se. The Kier molecular flexibility index (Phi) is 4.65. The Bertz CT molecular complexity index is 165. The first-order chi connectivity index (χ1) is 5.43. The van der Waals surface area contributed by atoms with E-state index in [1.54, 1.807) is 4.44 Å². The van der Waals surface area contributed by atoms with Gasteiger partial charge >= 0.3 is 75.0 Å². The Morgan fingerprint density at radius 2 is 2.18 bits per heavy atom. The first-order valence-electron chi connectivity index (χ1n) is 4.46. The third-order valence-electron chi connectivity index (χ3n) is 1.86. The van der Waals surface area contributed by atoms with Gasteiger partial charge in [0.2, 0.25) is 0 Å². The van der Waals surface area contributed by atoms with Crippen LogP contribution in [0.3, 0.4) is 0 Å². The van der Waals surface area contributed by atoms with Crippen molar-refractivity contribution in [1.82, 2.24) is 0 Å². The fourth-order valence-electron chi connectivity index (χ4n) is 1.18. The minimum absolute atomic E-state index is 0.714. The zero-order chi connectivity index (χ0) is 7.94. The first kappa shape index (κ1) is 9.09. The van der Waals surface area contributed by atoms with E-state index in [0.717, 1.165) is 0 Å². The Balaban J connectivity index is 2.04. The molecule has 0 unspecified atom stereocenters. The summed E-state index contributed by atoms with van der Waals surface area (Å²) in [5.41, 5.74) is 0. The van der Waals surface area contributed by atoms with Gasteiger partial charge in [0, 0.05) is 0 Å². The molecule has 1 heteroatoms. The van der Waals surface area contributed by atoms with E-state index in [1.807, 2.05) is 0 Å². The van der Waals surface area contributed by atoms with Gasteiger partial charge in [0.05, 0.1) is 0 Å². The average Bonchev–Trinajstić information content (AvgIpc) is 2.50. The van der Waals surface area contributed by atoms with E-state index in [9.17, 15) is 0 Å². The van der Waals surface area contributed by atoms with E-state index in [4.69, 9.17) is 0 Å². The van der Waals surface area contributed by atoms with Gasteiger partial charge in [-0.1, -0.05) is 0 Å². The van der Waals surface area contributed by atoms with Gasteiger partial charge in [-0.2, -0.15) is 0 Å². The summed E-state index contributed by atoms with van der Waals surface area (Å²) in [6, 6.07) is 4.50. The van der Waals surface area contributed by atoms with Gasteiger partial charge < -0.3 is 0 Å². The summed E-state index contributed by atoms with van der Waals surface area (Å²) < 4.78 is 1.69. The molecule has 0 aromatic carbocycles. The molecule has 0 bridgehead atoms. The standard InChI is InChI=1S/C10H16Se/c1-2-3-4-5-7-10-8-6-9-11-10/h6,8-9H,2-5,7H2,1H3. The zero-order valence-corrected chi connectivity index (χ0v) is 8.89. The van der Waals surface area contributed by atoms with Crippen molar-refractivity contribution < 1.29 is 0 Å². The van der Waals surface area contributed by atoms with Crippen LogP contribution in [0, 0.1) is 0 Å². The average molecular weight is 215 g/mol. The van der Waals surface area contributed by atoms with Crippen molar-refractivity contribution in [2.45, 2.75) is 39.0 Å². The summed E-state index contributed by atoms with van der Waals surface area (Å²) >= 11 is 0.714. The molecule has 0 atom stereocenters. The molecule has 62 valence electrons. The van der Waals surface area contributed by atoms with Gasteiger partial charge in [-0.25, -0.2) is 0 Å². The molecule has 0 aliphatic carbocycles. The van der Waals surface area contributed by atoms with Crippen LogP contribution in [0.1, 0.15) is 37.0 Å². The summed E-state index contributed by atoms with van der Waals surface area (Å²) in [6.07, 6.45) is 6.94. The van der Waals surface area contributed by atoms with E-state index in [2.05, 4.69) is 24.0 Å². The number of unbranched alkanes of at least 4 members (excludes halogenated alkanes) is 3. The second-order valence-electron chi connectivity index (χ2n) is 2.89. The third-order valence-corrected chi connectivity index (χ3v) is 3.82. The van der Waals surface area contributed by atoms with Crippen molar-refractivity contribution >= 4 is 14.5 Å². The fraction of sp³-hybridized carbons (Fsp3) is 0.600. The number of rotatable bonds is 5. The molecular weight excluding hydrogens is 199 g/mol. The molecule has 0 radical (unpaired) electrons. The molecule has 0 aliphatic heterocycles. The van der Waals surface area contributed by atoms with Crippen molar-refractivity contribution in [2.75, 3.05) is 0 Å². The van der Waals surface area contributed by atoms with Crippen molar-refractivity contribution in [2.24, 2.45) is 0 Å². The number of hydrogen-bond acceptors (Lipinski definition) is 0. The normalized spacial score (nSPS) is 10.3. The molecule has 0 nitrogen and oxygen atoms in total. The van der Waals surface area contributed by atoms with Crippen molar-refractivity contribution in [1.29, 1.82) is 0 Å². The summed E-state index contributed by atoms with van der Waals surface area (Å²) in [5, 5.41) is 0. The Morgan fingerprint density at radius 3 is 2.82 bits per heavy atom. The summed E-state index contributed by atoms with van der Waals surface area (Å²) in [7, 11) is 0. The van der Waals surface area contributed by atoms with Crippen LogP contribution in [0.5, 0.6) is 0 Å². The Hall–Kier alpha value is -0.000519. The molecule has 1 heterocycles. The molecule has 11 heavy (non-hydrogen) atoms. The monoisotopic (exact) mass is 216 g/mol. The van der Waals surface area contributed by atoms with Crippen LogP contribution >= 0.6 is 0 Å². The van der Waals surface area contributed by atoms with Gasteiger partial charge in [-0.3, -0.25) is 0 Å². The van der Waals surface area contributed by atoms with Crippen LogP contribution in [0.15, 0.2) is 17.1 Å². The molecule has 0 saturated carbocycles. The van der Waals surface area contributed by atoms with Crippen LogP contribution in [0.25, 0.3) is 0 Å². The molecule has 0 amide bonds. The Morgan fingerprint density at radius 1 is 1.27 bits per heavy atom. The minimum atomic E-state index is 0.714. The molecule has 0 spiro atoms. The molecule has 1 aromatic heterocycles. The first-order valence-corrected chi connectivity index (χ1v) is 6.30. The molecule has 1 rings (SSSR count). The zero-order valence-electron chi connectivity index (χ0n) is 7.18. The van der Waals surface area contributed by atoms with Crippen LogP contribution in [-0.2, 0) is 6.42 Å². The van der Waals surface area contributed by atoms with E-state index in [0.29, 0.717) is 14.5 Å². The van der Waals surface area contributed by atoms with E-state index < -0.39 is 0 Å². The maximum atomic E-state index is 2.31. The summed E-state index contributed by atoms with van der Waals surface area (Å²) in [4.78, 5) is 2.31. The van der Waals surface area contributed by atoms with Gasteiger partial charge in [0.25, 0.3) is 0 Å². The summed E-state index contributed by atoms with van der Waals surface area (Å²) in [6.45, 7) is 2.26. The fourth-order valence-corrected chi connectivity index (χ4v) is 2.76. The molecule has 1 aromatic rings. The van der Waals surface area contributed by atoms with Crippen molar-refractivity contribution in [3.8, 4) is 0 Å². The van der Waals surface area contributed by atoms with Crippen LogP contribution in [0.4, 0.5) is 0 Å². The predicted octanol–water partition coefficient (Wildman–Crippen LogP) is 2.87.